The fourth-order valence-corrected chi connectivity index (χ4v) is 2.42. The van der Waals surface area contributed by atoms with Crippen LogP contribution in [0.5, 0.6) is 0 Å². The number of rotatable bonds is 2. The third-order valence-electron chi connectivity index (χ3n) is 2.41. The Kier molecular flexibility index (Phi) is 3.36. The summed E-state index contributed by atoms with van der Waals surface area (Å²) in [6.07, 6.45) is 0. The molecule has 1 aliphatic rings. The van der Waals surface area contributed by atoms with Crippen LogP contribution in [0.4, 0.5) is 0 Å². The molecule has 78 valence electrons. The zero-order chi connectivity index (χ0) is 10.1. The molecule has 0 saturated carbocycles. The van der Waals surface area contributed by atoms with Gasteiger partial charge in [0.05, 0.1) is 0 Å². The van der Waals surface area contributed by atoms with Crippen molar-refractivity contribution >= 4 is 0 Å². The molecule has 2 nitrogen and oxygen atoms in total. The summed E-state index contributed by atoms with van der Waals surface area (Å²) >= 11 is 0. The maximum absolute atomic E-state index is 3.62. The van der Waals surface area contributed by atoms with Gasteiger partial charge >= 0.3 is 0 Å². The van der Waals surface area contributed by atoms with Crippen LogP contribution in [0.3, 0.4) is 0 Å². The summed E-state index contributed by atoms with van der Waals surface area (Å²) < 4.78 is 0. The topological polar surface area (TPSA) is 15.3 Å². The molecule has 1 atom stereocenters. The van der Waals surface area contributed by atoms with E-state index < -0.39 is 0 Å². The van der Waals surface area contributed by atoms with Gasteiger partial charge in [-0.05, 0) is 26.7 Å². The summed E-state index contributed by atoms with van der Waals surface area (Å²) in [7, 11) is 0. The maximum Gasteiger partial charge on any atom is 0.0255 e. The van der Waals surface area contributed by atoms with Crippen molar-refractivity contribution in [1.29, 1.82) is 0 Å². The van der Waals surface area contributed by atoms with E-state index >= 15 is 0 Å². The number of hydrogen-bond donors (Lipinski definition) is 1. The van der Waals surface area contributed by atoms with E-state index in [1.807, 2.05) is 0 Å². The Morgan fingerprint density at radius 1 is 1.46 bits per heavy atom. The van der Waals surface area contributed by atoms with Crippen molar-refractivity contribution in [3.8, 4) is 0 Å². The summed E-state index contributed by atoms with van der Waals surface area (Å²) in [5.74, 6) is 0.779. The monoisotopic (exact) mass is 184 g/mol. The van der Waals surface area contributed by atoms with Crippen molar-refractivity contribution in [3.63, 3.8) is 0 Å². The van der Waals surface area contributed by atoms with Gasteiger partial charge in [0.15, 0.2) is 0 Å². The predicted molar refractivity (Wildman–Crippen MR) is 58.0 cm³/mol. The second-order valence-corrected chi connectivity index (χ2v) is 5.52. The van der Waals surface area contributed by atoms with E-state index in [2.05, 4.69) is 44.8 Å². The summed E-state index contributed by atoms with van der Waals surface area (Å²) in [5, 5.41) is 3.62. The molecule has 0 radical (unpaired) electrons. The van der Waals surface area contributed by atoms with Crippen LogP contribution in [0.1, 0.15) is 34.6 Å². The van der Waals surface area contributed by atoms with Gasteiger partial charge in [-0.1, -0.05) is 13.8 Å². The van der Waals surface area contributed by atoms with Crippen LogP contribution >= 0.6 is 0 Å². The first kappa shape index (κ1) is 11.0. The van der Waals surface area contributed by atoms with E-state index in [-0.39, 0.29) is 5.54 Å². The molecule has 1 rings (SSSR count). The van der Waals surface area contributed by atoms with E-state index in [9.17, 15) is 0 Å². The van der Waals surface area contributed by atoms with E-state index in [0.717, 1.165) is 5.92 Å². The molecule has 0 aliphatic carbocycles. The molecule has 0 bridgehead atoms. The van der Waals surface area contributed by atoms with Gasteiger partial charge in [-0.15, -0.1) is 0 Å². The fourth-order valence-electron chi connectivity index (χ4n) is 2.42. The molecular weight excluding hydrogens is 160 g/mol. The smallest absolute Gasteiger partial charge is 0.0255 e. The lowest BCUT2D eigenvalue weighted by atomic mass is 9.98. The fraction of sp³-hybridized carbons (Fsp3) is 1.00. The second-order valence-electron chi connectivity index (χ2n) is 5.52. The predicted octanol–water partition coefficient (Wildman–Crippen LogP) is 1.71. The maximum atomic E-state index is 3.62. The molecule has 1 unspecified atom stereocenters. The lowest BCUT2D eigenvalue weighted by Gasteiger charge is -2.43. The van der Waals surface area contributed by atoms with Gasteiger partial charge in [-0.3, -0.25) is 4.90 Å². The standard InChI is InChI=1S/C11H24N2/c1-9(2)6-13-7-10(3)12-11(4,5)8-13/h9-10,12H,6-8H2,1-5H3. The number of piperazine rings is 1. The quantitative estimate of drug-likeness (QED) is 0.703. The summed E-state index contributed by atoms with van der Waals surface area (Å²) in [5.41, 5.74) is 0.284. The summed E-state index contributed by atoms with van der Waals surface area (Å²) in [4.78, 5) is 2.58. The molecule has 1 aliphatic heterocycles. The minimum absolute atomic E-state index is 0.284. The largest absolute Gasteiger partial charge is 0.307 e. The molecule has 1 heterocycles. The molecule has 2 heteroatoms. The van der Waals surface area contributed by atoms with Crippen LogP contribution in [0.25, 0.3) is 0 Å². The molecular formula is C11H24N2. The lowest BCUT2D eigenvalue weighted by Crippen LogP contribution is -2.61. The van der Waals surface area contributed by atoms with Crippen molar-refractivity contribution < 1.29 is 0 Å². The Bertz CT molecular complexity index is 161. The minimum atomic E-state index is 0.284. The Hall–Kier alpha value is -0.0800. The Morgan fingerprint density at radius 2 is 2.08 bits per heavy atom. The van der Waals surface area contributed by atoms with Gasteiger partial charge in [-0.2, -0.15) is 0 Å². The van der Waals surface area contributed by atoms with Crippen LogP contribution in [0.15, 0.2) is 0 Å². The molecule has 0 aromatic carbocycles. The van der Waals surface area contributed by atoms with Gasteiger partial charge in [0.1, 0.15) is 0 Å². The third kappa shape index (κ3) is 3.65. The van der Waals surface area contributed by atoms with Crippen LogP contribution in [-0.2, 0) is 0 Å². The molecule has 0 aromatic rings. The zero-order valence-corrected chi connectivity index (χ0v) is 9.72. The lowest BCUT2D eigenvalue weighted by molar-refractivity contribution is 0.112. The molecule has 13 heavy (non-hydrogen) atoms. The van der Waals surface area contributed by atoms with Gasteiger partial charge in [0.25, 0.3) is 0 Å². The van der Waals surface area contributed by atoms with Gasteiger partial charge in [0, 0.05) is 31.2 Å². The Morgan fingerprint density at radius 3 is 2.54 bits per heavy atom. The molecule has 0 spiro atoms. The van der Waals surface area contributed by atoms with Crippen molar-refractivity contribution in [2.24, 2.45) is 5.92 Å². The minimum Gasteiger partial charge on any atom is -0.307 e. The highest BCUT2D eigenvalue weighted by Crippen LogP contribution is 2.14. The van der Waals surface area contributed by atoms with Crippen molar-refractivity contribution in [2.45, 2.75) is 46.2 Å². The highest BCUT2D eigenvalue weighted by atomic mass is 15.2. The first-order chi connectivity index (χ1) is 5.89. The van der Waals surface area contributed by atoms with Crippen LogP contribution in [-0.4, -0.2) is 36.1 Å². The average molecular weight is 184 g/mol. The van der Waals surface area contributed by atoms with Gasteiger partial charge in [-0.25, -0.2) is 0 Å². The zero-order valence-electron chi connectivity index (χ0n) is 9.72. The van der Waals surface area contributed by atoms with Crippen molar-refractivity contribution in [1.82, 2.24) is 10.2 Å². The number of hydrogen-bond acceptors (Lipinski definition) is 2. The molecule has 0 amide bonds. The van der Waals surface area contributed by atoms with Crippen molar-refractivity contribution in [2.75, 3.05) is 19.6 Å². The van der Waals surface area contributed by atoms with E-state index in [0.29, 0.717) is 6.04 Å². The van der Waals surface area contributed by atoms with E-state index in [1.165, 1.54) is 19.6 Å². The third-order valence-corrected chi connectivity index (χ3v) is 2.41. The summed E-state index contributed by atoms with van der Waals surface area (Å²) in [6, 6.07) is 0.627. The van der Waals surface area contributed by atoms with Crippen LogP contribution in [0.2, 0.25) is 0 Å². The Balaban J connectivity index is 2.48. The first-order valence-corrected chi connectivity index (χ1v) is 5.39. The normalized spacial score (nSPS) is 29.5. The average Bonchev–Trinajstić information content (AvgIpc) is 1.78. The van der Waals surface area contributed by atoms with E-state index in [4.69, 9.17) is 0 Å². The van der Waals surface area contributed by atoms with Gasteiger partial charge in [0.2, 0.25) is 0 Å². The molecule has 0 aromatic heterocycles. The summed E-state index contributed by atoms with van der Waals surface area (Å²) in [6.45, 7) is 15.0. The second kappa shape index (κ2) is 3.97. The van der Waals surface area contributed by atoms with Gasteiger partial charge < -0.3 is 5.32 Å². The number of nitrogens with one attached hydrogen (secondary N) is 1. The van der Waals surface area contributed by atoms with Crippen LogP contribution in [0, 0.1) is 5.92 Å². The van der Waals surface area contributed by atoms with Crippen molar-refractivity contribution in [3.05, 3.63) is 0 Å². The highest BCUT2D eigenvalue weighted by Gasteiger charge is 2.29. The van der Waals surface area contributed by atoms with Crippen LogP contribution < -0.4 is 5.32 Å². The molecule has 1 fully saturated rings. The SMILES string of the molecule is CC(C)CN1CC(C)NC(C)(C)C1. The Labute approximate surface area is 82.7 Å². The molecule has 1 N–H and O–H groups in total. The highest BCUT2D eigenvalue weighted by molar-refractivity contribution is 4.90. The number of nitrogens with zero attached hydrogens (tertiary/aromatic N) is 1. The van der Waals surface area contributed by atoms with E-state index in [1.54, 1.807) is 0 Å². The first-order valence-electron chi connectivity index (χ1n) is 5.39. The molecule has 1 saturated heterocycles.